The van der Waals surface area contributed by atoms with Crippen LogP contribution in [0.4, 0.5) is 0 Å². The summed E-state index contributed by atoms with van der Waals surface area (Å²) in [4.78, 5) is 12.0. The molecule has 3 rings (SSSR count). The second-order valence-electron chi connectivity index (χ2n) is 8.01. The third-order valence-corrected chi connectivity index (χ3v) is 5.21. The van der Waals surface area contributed by atoms with Crippen LogP contribution in [0.5, 0.6) is 0 Å². The lowest BCUT2D eigenvalue weighted by atomic mass is 9.97. The number of halogens is 1. The molecule has 1 aliphatic heterocycles. The molecule has 0 aromatic heterocycles. The molecule has 1 spiro atoms. The van der Waals surface area contributed by atoms with E-state index in [1.165, 1.54) is 0 Å². The van der Waals surface area contributed by atoms with E-state index < -0.39 is 11.2 Å². The Labute approximate surface area is 154 Å². The fraction of sp³-hybridized carbons (Fsp3) is 0.650. The van der Waals surface area contributed by atoms with Gasteiger partial charge in [0.15, 0.2) is 5.79 Å². The van der Waals surface area contributed by atoms with Crippen molar-refractivity contribution in [2.75, 3.05) is 6.61 Å². The molecule has 0 radical (unpaired) electrons. The van der Waals surface area contributed by atoms with Crippen LogP contribution in [-0.4, -0.2) is 24.5 Å². The number of rotatable bonds is 4. The van der Waals surface area contributed by atoms with Gasteiger partial charge in [0.2, 0.25) is 0 Å². The first-order valence-corrected chi connectivity index (χ1v) is 9.46. The van der Waals surface area contributed by atoms with Crippen LogP contribution >= 0.6 is 11.6 Å². The maximum Gasteiger partial charge on any atom is 0.311 e. The van der Waals surface area contributed by atoms with Gasteiger partial charge in [-0.25, -0.2) is 0 Å². The van der Waals surface area contributed by atoms with Gasteiger partial charge in [0, 0.05) is 29.8 Å². The average molecular weight is 367 g/mol. The van der Waals surface area contributed by atoms with E-state index in [1.54, 1.807) is 0 Å². The summed E-state index contributed by atoms with van der Waals surface area (Å²) in [5.41, 5.74) is 0.446. The topological polar surface area (TPSA) is 44.8 Å². The van der Waals surface area contributed by atoms with Crippen molar-refractivity contribution in [3.8, 4) is 0 Å². The molecule has 138 valence electrons. The fourth-order valence-corrected chi connectivity index (χ4v) is 3.73. The molecular formula is C20H27ClO4. The van der Waals surface area contributed by atoms with Crippen molar-refractivity contribution in [3.63, 3.8) is 0 Å². The number of benzene rings is 1. The summed E-state index contributed by atoms with van der Waals surface area (Å²) >= 11 is 6.39. The summed E-state index contributed by atoms with van der Waals surface area (Å²) in [5, 5.41) is 0.683. The van der Waals surface area contributed by atoms with Gasteiger partial charge in [-0.05, 0) is 39.7 Å². The van der Waals surface area contributed by atoms with Gasteiger partial charge in [-0.1, -0.05) is 29.8 Å². The van der Waals surface area contributed by atoms with E-state index in [-0.39, 0.29) is 18.2 Å². The Hall–Kier alpha value is -1.10. The summed E-state index contributed by atoms with van der Waals surface area (Å²) in [6.07, 6.45) is 4.26. The molecule has 1 aromatic carbocycles. The van der Waals surface area contributed by atoms with E-state index >= 15 is 0 Å². The smallest absolute Gasteiger partial charge is 0.311 e. The van der Waals surface area contributed by atoms with Crippen LogP contribution in [-0.2, 0) is 19.0 Å². The highest BCUT2D eigenvalue weighted by Gasteiger charge is 2.49. The molecule has 1 saturated carbocycles. The number of ether oxygens (including phenoxy) is 3. The van der Waals surface area contributed by atoms with E-state index in [0.29, 0.717) is 18.1 Å². The molecule has 2 fully saturated rings. The predicted molar refractivity (Wildman–Crippen MR) is 96.4 cm³/mol. The first kappa shape index (κ1) is 18.7. The zero-order valence-electron chi connectivity index (χ0n) is 15.2. The molecule has 4 nitrogen and oxygen atoms in total. The summed E-state index contributed by atoms with van der Waals surface area (Å²) in [5.74, 6) is -0.695. The Morgan fingerprint density at radius 3 is 2.56 bits per heavy atom. The lowest BCUT2D eigenvalue weighted by Crippen LogP contribution is -2.28. The highest BCUT2D eigenvalue weighted by Crippen LogP contribution is 2.49. The van der Waals surface area contributed by atoms with Crippen molar-refractivity contribution in [1.29, 1.82) is 0 Å². The Bertz CT molecular complexity index is 616. The Morgan fingerprint density at radius 1 is 1.24 bits per heavy atom. The molecule has 2 atom stereocenters. The van der Waals surface area contributed by atoms with Crippen LogP contribution in [0.15, 0.2) is 24.3 Å². The van der Waals surface area contributed by atoms with E-state index in [0.717, 1.165) is 31.2 Å². The van der Waals surface area contributed by atoms with Crippen molar-refractivity contribution >= 4 is 17.6 Å². The van der Waals surface area contributed by atoms with Gasteiger partial charge in [-0.3, -0.25) is 4.79 Å². The third-order valence-electron chi connectivity index (χ3n) is 4.87. The molecule has 0 bridgehead atoms. The molecule has 1 saturated heterocycles. The quantitative estimate of drug-likeness (QED) is 0.700. The number of carbonyl (C=O) groups is 1. The van der Waals surface area contributed by atoms with Gasteiger partial charge in [0.05, 0.1) is 18.1 Å². The molecular weight excluding hydrogens is 340 g/mol. The maximum absolute atomic E-state index is 12.0. The standard InChI is InChI=1S/C20H27ClO4/c1-19(2,3)18(22)23-13-10-16-17(14-8-4-5-9-15(14)21)25-20(24-16)11-6-7-12-20/h4-5,8-9,16-17H,6-7,10-13H2,1-3H3/t16-,17-/m0/s1. The molecule has 1 aromatic rings. The van der Waals surface area contributed by atoms with Crippen LogP contribution in [0.25, 0.3) is 0 Å². The van der Waals surface area contributed by atoms with Crippen molar-refractivity contribution in [2.24, 2.45) is 5.41 Å². The Kier molecular flexibility index (Phi) is 5.42. The molecule has 0 unspecified atom stereocenters. The summed E-state index contributed by atoms with van der Waals surface area (Å²) in [6.45, 7) is 5.88. The molecule has 1 heterocycles. The largest absolute Gasteiger partial charge is 0.465 e. The van der Waals surface area contributed by atoms with Crippen molar-refractivity contribution in [1.82, 2.24) is 0 Å². The molecule has 2 aliphatic rings. The summed E-state index contributed by atoms with van der Waals surface area (Å²) in [7, 11) is 0. The minimum atomic E-state index is -0.498. The normalized spacial score (nSPS) is 25.4. The van der Waals surface area contributed by atoms with Gasteiger partial charge in [0.1, 0.15) is 6.10 Å². The van der Waals surface area contributed by atoms with Crippen molar-refractivity contribution < 1.29 is 19.0 Å². The Morgan fingerprint density at radius 2 is 1.92 bits per heavy atom. The van der Waals surface area contributed by atoms with E-state index in [1.807, 2.05) is 45.0 Å². The van der Waals surface area contributed by atoms with Crippen LogP contribution in [0.2, 0.25) is 5.02 Å². The minimum absolute atomic E-state index is 0.161. The fourth-order valence-electron chi connectivity index (χ4n) is 3.49. The highest BCUT2D eigenvalue weighted by molar-refractivity contribution is 6.31. The van der Waals surface area contributed by atoms with Crippen LogP contribution in [0, 0.1) is 5.41 Å². The maximum atomic E-state index is 12.0. The zero-order chi connectivity index (χ0) is 18.1. The van der Waals surface area contributed by atoms with Gasteiger partial charge in [-0.15, -0.1) is 0 Å². The molecule has 0 N–H and O–H groups in total. The second kappa shape index (κ2) is 7.26. The molecule has 25 heavy (non-hydrogen) atoms. The van der Waals surface area contributed by atoms with Gasteiger partial charge in [-0.2, -0.15) is 0 Å². The van der Waals surface area contributed by atoms with Crippen molar-refractivity contribution in [2.45, 2.75) is 70.9 Å². The molecule has 1 aliphatic carbocycles. The monoisotopic (exact) mass is 366 g/mol. The summed E-state index contributed by atoms with van der Waals surface area (Å²) in [6, 6.07) is 7.73. The number of hydrogen-bond donors (Lipinski definition) is 0. The lowest BCUT2D eigenvalue weighted by Gasteiger charge is -2.22. The van der Waals surface area contributed by atoms with Crippen LogP contribution in [0.3, 0.4) is 0 Å². The number of hydrogen-bond acceptors (Lipinski definition) is 4. The van der Waals surface area contributed by atoms with Crippen molar-refractivity contribution in [3.05, 3.63) is 34.9 Å². The van der Waals surface area contributed by atoms with Crippen LogP contribution < -0.4 is 0 Å². The van der Waals surface area contributed by atoms with Gasteiger partial charge >= 0.3 is 5.97 Å². The number of esters is 1. The van der Waals surface area contributed by atoms with E-state index in [2.05, 4.69) is 0 Å². The number of carbonyl (C=O) groups excluding carboxylic acids is 1. The summed E-state index contributed by atoms with van der Waals surface area (Å²) < 4.78 is 18.1. The van der Waals surface area contributed by atoms with Gasteiger partial charge in [0.25, 0.3) is 0 Å². The first-order valence-electron chi connectivity index (χ1n) is 9.08. The second-order valence-corrected chi connectivity index (χ2v) is 8.42. The minimum Gasteiger partial charge on any atom is -0.465 e. The van der Waals surface area contributed by atoms with Crippen LogP contribution in [0.1, 0.15) is 64.5 Å². The molecule has 0 amide bonds. The first-order chi connectivity index (χ1) is 11.8. The van der Waals surface area contributed by atoms with E-state index in [9.17, 15) is 4.79 Å². The lowest BCUT2D eigenvalue weighted by molar-refractivity contribution is -0.171. The Balaban J connectivity index is 1.70. The average Bonchev–Trinajstić information content (AvgIpc) is 3.14. The SMILES string of the molecule is CC(C)(C)C(=O)OCC[C@@H]1OC2(CCCC2)O[C@H]1c1ccccc1Cl. The van der Waals surface area contributed by atoms with E-state index in [4.69, 9.17) is 25.8 Å². The van der Waals surface area contributed by atoms with Gasteiger partial charge < -0.3 is 14.2 Å². The predicted octanol–water partition coefficient (Wildman–Crippen LogP) is 5.05. The highest BCUT2D eigenvalue weighted by atomic mass is 35.5. The molecule has 5 heteroatoms. The zero-order valence-corrected chi connectivity index (χ0v) is 16.0. The third kappa shape index (κ3) is 4.18.